The van der Waals surface area contributed by atoms with E-state index in [0.29, 0.717) is 5.89 Å². The van der Waals surface area contributed by atoms with E-state index < -0.39 is 6.10 Å². The van der Waals surface area contributed by atoms with Crippen molar-refractivity contribution in [2.75, 3.05) is 11.4 Å². The molecule has 0 aromatic carbocycles. The molecule has 1 aliphatic rings. The maximum atomic E-state index is 11.4. The van der Waals surface area contributed by atoms with Gasteiger partial charge in [-0.25, -0.2) is 0 Å². The Hall–Kier alpha value is -1.43. The quantitative estimate of drug-likeness (QED) is 0.760. The van der Waals surface area contributed by atoms with Gasteiger partial charge in [-0.2, -0.15) is 4.98 Å². The monoisotopic (exact) mass is 211 g/mol. The minimum atomic E-state index is -0.626. The van der Waals surface area contributed by atoms with Crippen molar-refractivity contribution in [3.05, 3.63) is 5.89 Å². The second-order valence-corrected chi connectivity index (χ2v) is 3.95. The third-order valence-corrected chi connectivity index (χ3v) is 2.27. The zero-order valence-electron chi connectivity index (χ0n) is 8.67. The maximum Gasteiger partial charge on any atom is 0.272 e. The fourth-order valence-corrected chi connectivity index (χ4v) is 1.45. The smallest absolute Gasteiger partial charge is 0.272 e. The highest BCUT2D eigenvalue weighted by Crippen LogP contribution is 2.20. The van der Waals surface area contributed by atoms with E-state index in [1.807, 2.05) is 13.8 Å². The Bertz CT molecular complexity index is 374. The molecule has 2 rings (SSSR count). The van der Waals surface area contributed by atoms with Crippen molar-refractivity contribution < 1.29 is 14.4 Å². The first-order valence-electron chi connectivity index (χ1n) is 4.90. The maximum absolute atomic E-state index is 11.4. The van der Waals surface area contributed by atoms with E-state index >= 15 is 0 Å². The molecule has 1 amide bonds. The summed E-state index contributed by atoms with van der Waals surface area (Å²) in [7, 11) is 0. The number of hydrogen-bond acceptors (Lipinski definition) is 5. The van der Waals surface area contributed by atoms with E-state index in [-0.39, 0.29) is 30.7 Å². The summed E-state index contributed by atoms with van der Waals surface area (Å²) in [6.07, 6.45) is -0.496. The number of β-amino-alcohol motifs (C(OH)–C–C–N with tert-alkyl or cyclic N) is 1. The van der Waals surface area contributed by atoms with Crippen LogP contribution in [0.2, 0.25) is 0 Å². The number of carbonyl (C=O) groups is 1. The Balaban J connectivity index is 2.19. The minimum Gasteiger partial charge on any atom is -0.391 e. The molecule has 0 aliphatic carbocycles. The van der Waals surface area contributed by atoms with Crippen LogP contribution in [0.25, 0.3) is 0 Å². The molecule has 1 fully saturated rings. The number of carbonyl (C=O) groups excluding carboxylic acids is 1. The summed E-state index contributed by atoms with van der Waals surface area (Å²) < 4.78 is 4.99. The Morgan fingerprint density at radius 3 is 2.80 bits per heavy atom. The molecule has 0 spiro atoms. The summed E-state index contributed by atoms with van der Waals surface area (Å²) in [6.45, 7) is 4.10. The van der Waals surface area contributed by atoms with Gasteiger partial charge in [-0.05, 0) is 5.16 Å². The van der Waals surface area contributed by atoms with E-state index in [2.05, 4.69) is 10.1 Å². The van der Waals surface area contributed by atoms with Crippen LogP contribution in [0.15, 0.2) is 4.52 Å². The second kappa shape index (κ2) is 3.62. The molecule has 82 valence electrons. The van der Waals surface area contributed by atoms with Crippen molar-refractivity contribution in [3.63, 3.8) is 0 Å². The number of rotatable bonds is 2. The first-order chi connectivity index (χ1) is 7.08. The van der Waals surface area contributed by atoms with Gasteiger partial charge in [-0.15, -0.1) is 0 Å². The Kier molecular flexibility index (Phi) is 2.44. The number of aliphatic hydroxyl groups excluding tert-OH is 1. The predicted octanol–water partition coefficient (Wildman–Crippen LogP) is 0.291. The molecule has 0 radical (unpaired) electrons. The van der Waals surface area contributed by atoms with E-state index in [4.69, 9.17) is 4.52 Å². The zero-order chi connectivity index (χ0) is 11.0. The zero-order valence-corrected chi connectivity index (χ0v) is 8.67. The molecule has 1 saturated heterocycles. The van der Waals surface area contributed by atoms with Crippen molar-refractivity contribution in [3.8, 4) is 0 Å². The first kappa shape index (κ1) is 10.1. The lowest BCUT2D eigenvalue weighted by molar-refractivity contribution is -0.117. The minimum absolute atomic E-state index is 0.131. The van der Waals surface area contributed by atoms with Crippen molar-refractivity contribution in [2.24, 2.45) is 0 Å². The molecule has 15 heavy (non-hydrogen) atoms. The van der Waals surface area contributed by atoms with Gasteiger partial charge >= 0.3 is 0 Å². The molecule has 1 aliphatic heterocycles. The van der Waals surface area contributed by atoms with Gasteiger partial charge in [-0.1, -0.05) is 13.8 Å². The van der Waals surface area contributed by atoms with Gasteiger partial charge in [0.25, 0.3) is 5.95 Å². The summed E-state index contributed by atoms with van der Waals surface area (Å²) in [6, 6.07) is 0. The van der Waals surface area contributed by atoms with Crippen LogP contribution in [-0.2, 0) is 4.79 Å². The molecule has 1 atom stereocenters. The number of hydrogen-bond donors (Lipinski definition) is 1. The van der Waals surface area contributed by atoms with Gasteiger partial charge < -0.3 is 9.63 Å². The normalized spacial score (nSPS) is 21.7. The van der Waals surface area contributed by atoms with Crippen molar-refractivity contribution in [1.82, 2.24) is 10.1 Å². The molecule has 1 unspecified atom stereocenters. The Morgan fingerprint density at radius 2 is 2.33 bits per heavy atom. The predicted molar refractivity (Wildman–Crippen MR) is 51.4 cm³/mol. The first-order valence-corrected chi connectivity index (χ1v) is 4.90. The van der Waals surface area contributed by atoms with Crippen LogP contribution in [-0.4, -0.2) is 33.8 Å². The molecule has 0 saturated carbocycles. The lowest BCUT2D eigenvalue weighted by Gasteiger charge is -2.08. The van der Waals surface area contributed by atoms with Gasteiger partial charge in [0.2, 0.25) is 11.8 Å². The molecule has 6 heteroatoms. The van der Waals surface area contributed by atoms with Gasteiger partial charge in [0.05, 0.1) is 19.1 Å². The largest absolute Gasteiger partial charge is 0.391 e. The van der Waals surface area contributed by atoms with Crippen molar-refractivity contribution in [1.29, 1.82) is 0 Å². The van der Waals surface area contributed by atoms with Crippen LogP contribution in [0.5, 0.6) is 0 Å². The van der Waals surface area contributed by atoms with E-state index in [1.54, 1.807) is 0 Å². The fraction of sp³-hybridized carbons (Fsp3) is 0.667. The summed E-state index contributed by atoms with van der Waals surface area (Å²) in [5.74, 6) is 0.715. The highest BCUT2D eigenvalue weighted by atomic mass is 16.5. The van der Waals surface area contributed by atoms with Crippen molar-refractivity contribution in [2.45, 2.75) is 32.3 Å². The summed E-state index contributed by atoms with van der Waals surface area (Å²) in [5.41, 5.74) is 0. The van der Waals surface area contributed by atoms with Gasteiger partial charge in [-0.3, -0.25) is 9.69 Å². The number of nitrogens with zero attached hydrogens (tertiary/aromatic N) is 3. The van der Waals surface area contributed by atoms with Crippen LogP contribution in [0, 0.1) is 0 Å². The summed E-state index contributed by atoms with van der Waals surface area (Å²) in [5, 5.41) is 13.0. The summed E-state index contributed by atoms with van der Waals surface area (Å²) in [4.78, 5) is 16.8. The summed E-state index contributed by atoms with van der Waals surface area (Å²) >= 11 is 0. The van der Waals surface area contributed by atoms with Crippen LogP contribution in [0.4, 0.5) is 5.95 Å². The SMILES string of the molecule is CC(C)c1nc(N2CC(O)CC2=O)no1. The van der Waals surface area contributed by atoms with Gasteiger partial charge in [0, 0.05) is 5.92 Å². The standard InChI is InChI=1S/C9H13N3O3/c1-5(2)8-10-9(11-15-8)12-4-6(13)3-7(12)14/h5-6,13H,3-4H2,1-2H3. The van der Waals surface area contributed by atoms with Crippen LogP contribution in [0.3, 0.4) is 0 Å². The number of anilines is 1. The fourth-order valence-electron chi connectivity index (χ4n) is 1.45. The Labute approximate surface area is 86.9 Å². The Morgan fingerprint density at radius 1 is 1.60 bits per heavy atom. The lowest BCUT2D eigenvalue weighted by Crippen LogP contribution is -2.26. The third-order valence-electron chi connectivity index (χ3n) is 2.27. The van der Waals surface area contributed by atoms with E-state index in [9.17, 15) is 9.90 Å². The second-order valence-electron chi connectivity index (χ2n) is 3.95. The van der Waals surface area contributed by atoms with Gasteiger partial charge in [0.1, 0.15) is 0 Å². The molecule has 1 aromatic rings. The topological polar surface area (TPSA) is 79.5 Å². The molecule has 6 nitrogen and oxygen atoms in total. The molecule has 1 N–H and O–H groups in total. The van der Waals surface area contributed by atoms with Crippen LogP contribution >= 0.6 is 0 Å². The number of aliphatic hydroxyl groups is 1. The molecular weight excluding hydrogens is 198 g/mol. The number of amides is 1. The number of aromatic nitrogens is 2. The molecule has 1 aromatic heterocycles. The highest BCUT2D eigenvalue weighted by molar-refractivity contribution is 5.94. The molecule has 0 bridgehead atoms. The lowest BCUT2D eigenvalue weighted by atomic mass is 10.2. The average Bonchev–Trinajstić information content (AvgIpc) is 2.71. The van der Waals surface area contributed by atoms with Crippen LogP contribution in [0.1, 0.15) is 32.1 Å². The van der Waals surface area contributed by atoms with E-state index in [1.165, 1.54) is 4.90 Å². The molecule has 2 heterocycles. The highest BCUT2D eigenvalue weighted by Gasteiger charge is 2.32. The van der Waals surface area contributed by atoms with Crippen LogP contribution < -0.4 is 4.90 Å². The van der Waals surface area contributed by atoms with Crippen molar-refractivity contribution >= 4 is 11.9 Å². The third kappa shape index (κ3) is 1.85. The average molecular weight is 211 g/mol. The van der Waals surface area contributed by atoms with E-state index in [0.717, 1.165) is 0 Å². The molecular formula is C9H13N3O3. The van der Waals surface area contributed by atoms with Gasteiger partial charge in [0.15, 0.2) is 0 Å².